The topological polar surface area (TPSA) is 20.2 Å². The van der Waals surface area contributed by atoms with E-state index in [1.807, 2.05) is 0 Å². The van der Waals surface area contributed by atoms with Crippen molar-refractivity contribution in [3.05, 3.63) is 0 Å². The smallest absolute Gasteiger partial charge is 0.0459 e. The van der Waals surface area contributed by atoms with Gasteiger partial charge in [0.05, 0.1) is 0 Å². The molecule has 0 unspecified atom stereocenters. The molecule has 1 fully saturated rings. The second-order valence-electron chi connectivity index (χ2n) is 2.33. The van der Waals surface area contributed by atoms with Crippen LogP contribution in [-0.2, 0) is 0 Å². The van der Waals surface area contributed by atoms with Gasteiger partial charge in [-0.3, -0.25) is 0 Å². The molecule has 1 N–H and O–H groups in total. The van der Waals surface area contributed by atoms with Gasteiger partial charge in [0.1, 0.15) is 0 Å². The maximum absolute atomic E-state index is 8.57. The van der Waals surface area contributed by atoms with E-state index in [1.165, 1.54) is 25.7 Å². The lowest BCUT2D eigenvalue weighted by Crippen LogP contribution is -1.97. The van der Waals surface area contributed by atoms with Gasteiger partial charge in [-0.1, -0.05) is 12.8 Å². The number of hydrogen-bond donors (Lipinski definition) is 1. The molecule has 1 aliphatic rings. The summed E-state index contributed by atoms with van der Waals surface area (Å²) in [5.41, 5.74) is 0. The number of halogens is 1. The van der Waals surface area contributed by atoms with Gasteiger partial charge >= 0.3 is 0 Å². The highest BCUT2D eigenvalue weighted by Crippen LogP contribution is 2.23. The first kappa shape index (κ1) is 8.25. The molecule has 1 saturated carbocycles. The van der Waals surface area contributed by atoms with Gasteiger partial charge in [0.15, 0.2) is 0 Å². The zero-order chi connectivity index (χ0) is 5.11. The van der Waals surface area contributed by atoms with Crippen LogP contribution in [0.3, 0.4) is 0 Å². The lowest BCUT2D eigenvalue weighted by Gasteiger charge is -1.98. The van der Waals surface area contributed by atoms with Crippen LogP contribution in [0.15, 0.2) is 0 Å². The molecule has 0 radical (unpaired) electrons. The van der Waals surface area contributed by atoms with Crippen LogP contribution in [0.4, 0.5) is 0 Å². The lowest BCUT2D eigenvalue weighted by atomic mass is 10.1. The highest BCUT2D eigenvalue weighted by atomic mass is 35.5. The summed E-state index contributed by atoms with van der Waals surface area (Å²) in [5.74, 6) is 0.653. The normalized spacial score (nSPS) is 20.6. The Kier molecular flexibility index (Phi) is 4.29. The second kappa shape index (κ2) is 4.16. The van der Waals surface area contributed by atoms with Gasteiger partial charge in [-0.2, -0.15) is 0 Å². The van der Waals surface area contributed by atoms with E-state index >= 15 is 0 Å². The van der Waals surface area contributed by atoms with Crippen LogP contribution in [0.1, 0.15) is 25.7 Å². The zero-order valence-electron chi connectivity index (χ0n) is 4.97. The van der Waals surface area contributed by atoms with E-state index in [2.05, 4.69) is 0 Å². The summed E-state index contributed by atoms with van der Waals surface area (Å²) >= 11 is 0. The van der Waals surface area contributed by atoms with Gasteiger partial charge in [-0.25, -0.2) is 0 Å². The minimum Gasteiger partial charge on any atom is -0.396 e. The molecule has 0 aromatic heterocycles. The fourth-order valence-electron chi connectivity index (χ4n) is 1.19. The molecular weight excluding hydrogens is 124 g/mol. The largest absolute Gasteiger partial charge is 0.396 e. The fraction of sp³-hybridized carbons (Fsp3) is 1.00. The van der Waals surface area contributed by atoms with Gasteiger partial charge in [-0.15, -0.1) is 12.4 Å². The number of rotatable bonds is 1. The molecule has 0 amide bonds. The zero-order valence-corrected chi connectivity index (χ0v) is 5.78. The Labute approximate surface area is 56.5 Å². The first-order chi connectivity index (χ1) is 3.43. The van der Waals surface area contributed by atoms with E-state index in [1.54, 1.807) is 0 Å². The average Bonchev–Trinajstić information content (AvgIpc) is 2.14. The molecule has 0 saturated heterocycles. The van der Waals surface area contributed by atoms with Crippen LogP contribution >= 0.6 is 12.4 Å². The van der Waals surface area contributed by atoms with Crippen molar-refractivity contribution >= 4 is 12.4 Å². The van der Waals surface area contributed by atoms with Crippen molar-refractivity contribution in [1.82, 2.24) is 0 Å². The summed E-state index contributed by atoms with van der Waals surface area (Å²) in [5, 5.41) is 8.57. The third-order valence-corrected chi connectivity index (χ3v) is 1.73. The van der Waals surface area contributed by atoms with E-state index in [0.29, 0.717) is 12.5 Å². The first-order valence-corrected chi connectivity index (χ1v) is 3.04. The van der Waals surface area contributed by atoms with Crippen LogP contribution in [-0.4, -0.2) is 11.7 Å². The van der Waals surface area contributed by atoms with E-state index in [0.717, 1.165) is 0 Å². The van der Waals surface area contributed by atoms with Crippen molar-refractivity contribution in [2.24, 2.45) is 5.92 Å². The molecule has 8 heavy (non-hydrogen) atoms. The Hall–Kier alpha value is 0.250. The Morgan fingerprint density at radius 2 is 1.75 bits per heavy atom. The first-order valence-electron chi connectivity index (χ1n) is 3.04. The molecule has 0 aliphatic heterocycles. The summed E-state index contributed by atoms with van der Waals surface area (Å²) in [6, 6.07) is 0. The predicted octanol–water partition coefficient (Wildman–Crippen LogP) is 1.59. The van der Waals surface area contributed by atoms with Crippen LogP contribution in [0.2, 0.25) is 0 Å². The summed E-state index contributed by atoms with van der Waals surface area (Å²) in [4.78, 5) is 0. The SMILES string of the molecule is Cl.OCC1CCCC1. The van der Waals surface area contributed by atoms with Gasteiger partial charge in [-0.05, 0) is 18.8 Å². The van der Waals surface area contributed by atoms with Crippen LogP contribution in [0.25, 0.3) is 0 Å². The monoisotopic (exact) mass is 136 g/mol. The highest BCUT2D eigenvalue weighted by molar-refractivity contribution is 5.85. The van der Waals surface area contributed by atoms with Crippen molar-refractivity contribution in [1.29, 1.82) is 0 Å². The second-order valence-corrected chi connectivity index (χ2v) is 2.33. The summed E-state index contributed by atoms with van der Waals surface area (Å²) in [7, 11) is 0. The minimum absolute atomic E-state index is 0. The molecule has 0 aromatic carbocycles. The molecule has 1 rings (SSSR count). The van der Waals surface area contributed by atoms with Gasteiger partial charge in [0.2, 0.25) is 0 Å². The summed E-state index contributed by atoms with van der Waals surface area (Å²) < 4.78 is 0. The maximum Gasteiger partial charge on any atom is 0.0459 e. The average molecular weight is 137 g/mol. The summed E-state index contributed by atoms with van der Waals surface area (Å²) in [6.45, 7) is 0.417. The van der Waals surface area contributed by atoms with Crippen LogP contribution in [0, 0.1) is 5.92 Å². The van der Waals surface area contributed by atoms with E-state index in [4.69, 9.17) is 5.11 Å². The molecular formula is C6H13ClO. The molecule has 0 spiro atoms. The van der Waals surface area contributed by atoms with Crippen LogP contribution in [0.5, 0.6) is 0 Å². The van der Waals surface area contributed by atoms with Crippen LogP contribution < -0.4 is 0 Å². The maximum atomic E-state index is 8.57. The lowest BCUT2D eigenvalue weighted by molar-refractivity contribution is 0.230. The van der Waals surface area contributed by atoms with Gasteiger partial charge in [0, 0.05) is 6.61 Å². The molecule has 1 aliphatic carbocycles. The Bertz CT molecular complexity index is 50.5. The van der Waals surface area contributed by atoms with Crippen molar-refractivity contribution in [2.45, 2.75) is 25.7 Å². The molecule has 2 heteroatoms. The minimum atomic E-state index is 0. The predicted molar refractivity (Wildman–Crippen MR) is 36.3 cm³/mol. The summed E-state index contributed by atoms with van der Waals surface area (Å²) in [6.07, 6.45) is 5.20. The van der Waals surface area contributed by atoms with Crippen molar-refractivity contribution in [3.63, 3.8) is 0 Å². The molecule has 0 heterocycles. The molecule has 1 nitrogen and oxygen atoms in total. The van der Waals surface area contributed by atoms with E-state index in [9.17, 15) is 0 Å². The molecule has 0 atom stereocenters. The Balaban J connectivity index is 0.000000490. The number of aliphatic hydroxyl groups is 1. The van der Waals surface area contributed by atoms with E-state index in [-0.39, 0.29) is 12.4 Å². The Morgan fingerprint density at radius 3 is 2.00 bits per heavy atom. The quantitative estimate of drug-likeness (QED) is 0.581. The molecule has 50 valence electrons. The van der Waals surface area contributed by atoms with Crippen molar-refractivity contribution < 1.29 is 5.11 Å². The third-order valence-electron chi connectivity index (χ3n) is 1.73. The van der Waals surface area contributed by atoms with Gasteiger partial charge < -0.3 is 5.11 Å². The highest BCUT2D eigenvalue weighted by Gasteiger charge is 2.12. The number of hydrogen-bond acceptors (Lipinski definition) is 1. The van der Waals surface area contributed by atoms with Crippen molar-refractivity contribution in [2.75, 3.05) is 6.61 Å². The third kappa shape index (κ3) is 2.01. The molecule has 0 aromatic rings. The fourth-order valence-corrected chi connectivity index (χ4v) is 1.19. The van der Waals surface area contributed by atoms with E-state index < -0.39 is 0 Å². The Morgan fingerprint density at radius 1 is 1.25 bits per heavy atom. The molecule has 0 bridgehead atoms. The standard InChI is InChI=1S/C6H12O.ClH/c7-5-6-3-1-2-4-6;/h6-7H,1-5H2;1H. The van der Waals surface area contributed by atoms with Gasteiger partial charge in [0.25, 0.3) is 0 Å². The van der Waals surface area contributed by atoms with Crippen molar-refractivity contribution in [3.8, 4) is 0 Å². The number of aliphatic hydroxyl groups excluding tert-OH is 1.